The average molecular weight is 341 g/mol. The van der Waals surface area contributed by atoms with Crippen LogP contribution in [0.3, 0.4) is 0 Å². The van der Waals surface area contributed by atoms with Crippen LogP contribution >= 0.6 is 11.6 Å². The van der Waals surface area contributed by atoms with Crippen LogP contribution in [0.25, 0.3) is 11.3 Å². The van der Waals surface area contributed by atoms with Crippen LogP contribution in [0.5, 0.6) is 11.6 Å². The average Bonchev–Trinajstić information content (AvgIpc) is 3.00. The summed E-state index contributed by atoms with van der Waals surface area (Å²) in [7, 11) is 0. The molecule has 0 aliphatic heterocycles. The van der Waals surface area contributed by atoms with Crippen LogP contribution < -0.4 is 4.74 Å². The van der Waals surface area contributed by atoms with Gasteiger partial charge in [-0.3, -0.25) is 0 Å². The normalized spacial score (nSPS) is 11.0. The molecule has 2 aromatic heterocycles. The van der Waals surface area contributed by atoms with Gasteiger partial charge in [-0.05, 0) is 18.2 Å². The predicted octanol–water partition coefficient (Wildman–Crippen LogP) is 5.26. The first-order valence-corrected chi connectivity index (χ1v) is 6.75. The molecular weight excluding hydrogens is 333 g/mol. The Kier molecular flexibility index (Phi) is 4.20. The van der Waals surface area contributed by atoms with Crippen LogP contribution in [0.1, 0.15) is 12.1 Å². The van der Waals surface area contributed by atoms with Gasteiger partial charge in [0.1, 0.15) is 11.4 Å². The summed E-state index contributed by atoms with van der Waals surface area (Å²) in [5.74, 6) is -0.794. The molecule has 0 spiro atoms. The molecule has 4 nitrogen and oxygen atoms in total. The van der Waals surface area contributed by atoms with Crippen molar-refractivity contribution in [2.45, 2.75) is 6.43 Å². The molecule has 0 aliphatic rings. The zero-order valence-electron chi connectivity index (χ0n) is 11.3. The van der Waals surface area contributed by atoms with Gasteiger partial charge in [0.25, 0.3) is 12.3 Å². The highest BCUT2D eigenvalue weighted by Gasteiger charge is 2.18. The first-order chi connectivity index (χ1) is 11.0. The van der Waals surface area contributed by atoms with E-state index in [1.807, 2.05) is 0 Å². The van der Waals surface area contributed by atoms with Crippen molar-refractivity contribution >= 4 is 11.6 Å². The van der Waals surface area contributed by atoms with Gasteiger partial charge in [-0.25, -0.2) is 18.2 Å². The molecule has 0 unspecified atom stereocenters. The van der Waals surface area contributed by atoms with Crippen LogP contribution in [0.15, 0.2) is 47.1 Å². The lowest BCUT2D eigenvalue weighted by Crippen LogP contribution is -1.93. The molecule has 2 heterocycles. The van der Waals surface area contributed by atoms with Crippen LogP contribution in [0, 0.1) is 5.82 Å². The van der Waals surface area contributed by atoms with E-state index in [4.69, 9.17) is 20.9 Å². The summed E-state index contributed by atoms with van der Waals surface area (Å²) < 4.78 is 49.3. The number of ether oxygens (including phenoxy) is 1. The van der Waals surface area contributed by atoms with E-state index in [1.165, 1.54) is 12.3 Å². The van der Waals surface area contributed by atoms with E-state index in [9.17, 15) is 13.2 Å². The fraction of sp³-hybridized carbons (Fsp3) is 0.0667. The van der Waals surface area contributed by atoms with Crippen molar-refractivity contribution < 1.29 is 22.4 Å². The Bertz CT molecular complexity index is 839. The largest absolute Gasteiger partial charge is 0.436 e. The number of rotatable bonds is 4. The smallest absolute Gasteiger partial charge is 0.283 e. The summed E-state index contributed by atoms with van der Waals surface area (Å²) in [6.07, 6.45) is -1.53. The van der Waals surface area contributed by atoms with Crippen LogP contribution in [-0.2, 0) is 0 Å². The molecule has 3 rings (SSSR count). The minimum Gasteiger partial charge on any atom is -0.436 e. The van der Waals surface area contributed by atoms with Gasteiger partial charge in [0.2, 0.25) is 0 Å². The van der Waals surface area contributed by atoms with Crippen LogP contribution in [0.4, 0.5) is 13.2 Å². The second-order valence-electron chi connectivity index (χ2n) is 4.46. The summed E-state index contributed by atoms with van der Waals surface area (Å²) in [4.78, 5) is 3.75. The molecule has 0 aliphatic carbocycles. The Morgan fingerprint density at radius 1 is 1.17 bits per heavy atom. The van der Waals surface area contributed by atoms with Gasteiger partial charge < -0.3 is 9.26 Å². The number of hydrogen-bond acceptors (Lipinski definition) is 4. The Morgan fingerprint density at radius 2 is 1.96 bits per heavy atom. The number of para-hydroxylation sites is 1. The van der Waals surface area contributed by atoms with Crippen molar-refractivity contribution in [2.24, 2.45) is 0 Å². The van der Waals surface area contributed by atoms with Crippen molar-refractivity contribution in [3.63, 3.8) is 0 Å². The van der Waals surface area contributed by atoms with Gasteiger partial charge in [-0.1, -0.05) is 28.9 Å². The van der Waals surface area contributed by atoms with Crippen molar-refractivity contribution in [2.75, 3.05) is 0 Å². The highest BCUT2D eigenvalue weighted by molar-refractivity contribution is 6.30. The van der Waals surface area contributed by atoms with E-state index in [0.29, 0.717) is 5.56 Å². The molecule has 0 atom stereocenters. The van der Waals surface area contributed by atoms with Crippen LogP contribution in [0.2, 0.25) is 5.02 Å². The van der Waals surface area contributed by atoms with Crippen molar-refractivity contribution in [1.29, 1.82) is 0 Å². The number of halogens is 4. The molecule has 118 valence electrons. The lowest BCUT2D eigenvalue weighted by Gasteiger charge is -2.09. The molecule has 3 aromatic rings. The number of nitrogens with zero attached hydrogens (tertiary/aromatic N) is 2. The number of alkyl halides is 2. The summed E-state index contributed by atoms with van der Waals surface area (Å²) in [5.41, 5.74) is -0.159. The van der Waals surface area contributed by atoms with Gasteiger partial charge in [-0.15, -0.1) is 0 Å². The minimum atomic E-state index is -2.75. The third-order valence-electron chi connectivity index (χ3n) is 2.89. The maximum Gasteiger partial charge on any atom is 0.283 e. The highest BCUT2D eigenvalue weighted by atomic mass is 35.5. The monoisotopic (exact) mass is 340 g/mol. The number of pyridine rings is 1. The van der Waals surface area contributed by atoms with E-state index in [0.717, 1.165) is 12.1 Å². The summed E-state index contributed by atoms with van der Waals surface area (Å²) in [6, 6.07) is 8.53. The quantitative estimate of drug-likeness (QED) is 0.650. The van der Waals surface area contributed by atoms with E-state index < -0.39 is 17.9 Å². The van der Waals surface area contributed by atoms with Crippen LogP contribution in [-0.4, -0.2) is 10.1 Å². The van der Waals surface area contributed by atoms with Gasteiger partial charge >= 0.3 is 0 Å². The van der Waals surface area contributed by atoms with Gasteiger partial charge in [0, 0.05) is 12.3 Å². The van der Waals surface area contributed by atoms with Gasteiger partial charge in [0.15, 0.2) is 11.6 Å². The predicted molar refractivity (Wildman–Crippen MR) is 76.2 cm³/mol. The molecule has 8 heteroatoms. The number of aromatic nitrogens is 2. The molecule has 0 N–H and O–H groups in total. The molecular formula is C15H8ClF3N2O2. The van der Waals surface area contributed by atoms with Crippen molar-refractivity contribution in [1.82, 2.24) is 10.1 Å². The highest BCUT2D eigenvalue weighted by Crippen LogP contribution is 2.35. The van der Waals surface area contributed by atoms with E-state index >= 15 is 0 Å². The topological polar surface area (TPSA) is 48.2 Å². The Labute approximate surface area is 133 Å². The van der Waals surface area contributed by atoms with E-state index in [2.05, 4.69) is 10.1 Å². The lowest BCUT2D eigenvalue weighted by molar-refractivity contribution is 0.140. The fourth-order valence-corrected chi connectivity index (χ4v) is 2.00. The zero-order valence-corrected chi connectivity index (χ0v) is 12.1. The second kappa shape index (κ2) is 6.29. The lowest BCUT2D eigenvalue weighted by atomic mass is 10.1. The minimum absolute atomic E-state index is 0.0743. The van der Waals surface area contributed by atoms with Gasteiger partial charge in [-0.2, -0.15) is 0 Å². The molecule has 0 radical (unpaired) electrons. The second-order valence-corrected chi connectivity index (χ2v) is 4.89. The molecule has 0 saturated heterocycles. The summed E-state index contributed by atoms with van der Waals surface area (Å²) in [6.45, 7) is 0. The molecule has 23 heavy (non-hydrogen) atoms. The van der Waals surface area contributed by atoms with Crippen molar-refractivity contribution in [3.05, 3.63) is 59.1 Å². The number of hydrogen-bond donors (Lipinski definition) is 0. The first-order valence-electron chi connectivity index (χ1n) is 6.37. The third-order valence-corrected chi connectivity index (χ3v) is 3.09. The summed E-state index contributed by atoms with van der Waals surface area (Å²) in [5, 5.41) is 3.41. The maximum absolute atomic E-state index is 13.8. The molecule has 0 saturated carbocycles. The Balaban J connectivity index is 1.97. The summed E-state index contributed by atoms with van der Waals surface area (Å²) >= 11 is 5.63. The standard InChI is InChI=1S/C15H8ClF3N2O2/c16-8-5-10(17)15(20-7-8)22-12-4-2-1-3-9(12)13-6-11(14(18)19)21-23-13/h1-7,14H. The van der Waals surface area contributed by atoms with Gasteiger partial charge in [0.05, 0.1) is 10.6 Å². The van der Waals surface area contributed by atoms with E-state index in [1.54, 1.807) is 18.2 Å². The fourth-order valence-electron chi connectivity index (χ4n) is 1.86. The SMILES string of the molecule is Fc1cc(Cl)cnc1Oc1ccccc1-c1cc(C(F)F)no1. The zero-order chi connectivity index (χ0) is 16.4. The number of benzene rings is 1. The molecule has 0 bridgehead atoms. The molecule has 0 amide bonds. The molecule has 1 aromatic carbocycles. The Morgan fingerprint density at radius 3 is 2.65 bits per heavy atom. The van der Waals surface area contributed by atoms with E-state index in [-0.39, 0.29) is 22.4 Å². The Hall–Kier alpha value is -2.54. The molecule has 0 fully saturated rings. The third kappa shape index (κ3) is 3.29. The van der Waals surface area contributed by atoms with Crippen molar-refractivity contribution in [3.8, 4) is 23.0 Å². The maximum atomic E-state index is 13.8. The first kappa shape index (κ1) is 15.4.